The number of para-hydroxylation sites is 2. The summed E-state index contributed by atoms with van der Waals surface area (Å²) in [6.45, 7) is 7.42. The number of carbonyl (C=O) groups is 1. The molecule has 0 saturated heterocycles. The van der Waals surface area contributed by atoms with Gasteiger partial charge in [0.05, 0.1) is 11.0 Å². The van der Waals surface area contributed by atoms with Crippen LogP contribution in [0.4, 0.5) is 0 Å². The molecule has 0 aliphatic carbocycles. The standard InChI is InChI=1S/C24H31N3O/c1-24(2,3)23(28)25-17-11-5-8-16-22-26-20-14-9-10-15-21(20)27(22)18-19-12-6-4-7-13-19/h4,6-7,9-10,12-15H,5,8,11,16-18H2,1-3H3,(H,25,28). The fourth-order valence-corrected chi connectivity index (χ4v) is 3.31. The highest BCUT2D eigenvalue weighted by Gasteiger charge is 2.20. The number of aryl methyl sites for hydroxylation is 1. The van der Waals surface area contributed by atoms with Gasteiger partial charge in [0.15, 0.2) is 0 Å². The number of rotatable bonds is 8. The van der Waals surface area contributed by atoms with E-state index in [4.69, 9.17) is 4.98 Å². The summed E-state index contributed by atoms with van der Waals surface area (Å²) in [6.07, 6.45) is 4.11. The predicted molar refractivity (Wildman–Crippen MR) is 115 cm³/mol. The highest BCUT2D eigenvalue weighted by Crippen LogP contribution is 2.19. The highest BCUT2D eigenvalue weighted by molar-refractivity contribution is 5.81. The number of hydrogen-bond donors (Lipinski definition) is 1. The van der Waals surface area contributed by atoms with Crippen LogP contribution in [0.3, 0.4) is 0 Å². The third-order valence-corrected chi connectivity index (χ3v) is 4.96. The van der Waals surface area contributed by atoms with Gasteiger partial charge in [0.25, 0.3) is 0 Å². The highest BCUT2D eigenvalue weighted by atomic mass is 16.2. The van der Waals surface area contributed by atoms with Crippen molar-refractivity contribution in [2.45, 2.75) is 53.0 Å². The topological polar surface area (TPSA) is 46.9 Å². The second kappa shape index (κ2) is 9.05. The monoisotopic (exact) mass is 377 g/mol. The Hall–Kier alpha value is -2.62. The van der Waals surface area contributed by atoms with Crippen molar-refractivity contribution in [1.29, 1.82) is 0 Å². The lowest BCUT2D eigenvalue weighted by atomic mass is 9.96. The molecule has 2 aromatic carbocycles. The van der Waals surface area contributed by atoms with Gasteiger partial charge < -0.3 is 9.88 Å². The van der Waals surface area contributed by atoms with Crippen molar-refractivity contribution in [2.24, 2.45) is 5.41 Å². The molecule has 0 spiro atoms. The molecule has 1 N–H and O–H groups in total. The van der Waals surface area contributed by atoms with Crippen LogP contribution in [0.2, 0.25) is 0 Å². The van der Waals surface area contributed by atoms with Crippen LogP contribution in [-0.4, -0.2) is 22.0 Å². The molecule has 1 amide bonds. The van der Waals surface area contributed by atoms with E-state index in [9.17, 15) is 4.79 Å². The first kappa shape index (κ1) is 20.1. The van der Waals surface area contributed by atoms with Crippen LogP contribution in [-0.2, 0) is 17.8 Å². The van der Waals surface area contributed by atoms with Crippen molar-refractivity contribution in [1.82, 2.24) is 14.9 Å². The number of unbranched alkanes of at least 4 members (excludes halogenated alkanes) is 2. The zero-order valence-electron chi connectivity index (χ0n) is 17.2. The van der Waals surface area contributed by atoms with Gasteiger partial charge in [-0.2, -0.15) is 0 Å². The van der Waals surface area contributed by atoms with E-state index >= 15 is 0 Å². The average molecular weight is 378 g/mol. The summed E-state index contributed by atoms with van der Waals surface area (Å²) in [5.74, 6) is 1.26. The molecule has 3 rings (SSSR count). The van der Waals surface area contributed by atoms with Crippen LogP contribution in [0.15, 0.2) is 54.6 Å². The minimum atomic E-state index is -0.317. The zero-order chi connectivity index (χ0) is 20.0. The molecule has 0 unspecified atom stereocenters. The maximum atomic E-state index is 11.9. The second-order valence-corrected chi connectivity index (χ2v) is 8.41. The van der Waals surface area contributed by atoms with Crippen molar-refractivity contribution in [3.05, 3.63) is 66.0 Å². The largest absolute Gasteiger partial charge is 0.356 e. The van der Waals surface area contributed by atoms with Gasteiger partial charge in [-0.15, -0.1) is 0 Å². The molecule has 4 nitrogen and oxygen atoms in total. The maximum absolute atomic E-state index is 11.9. The Kier molecular flexibility index (Phi) is 6.50. The third-order valence-electron chi connectivity index (χ3n) is 4.96. The minimum Gasteiger partial charge on any atom is -0.356 e. The van der Waals surface area contributed by atoms with E-state index in [-0.39, 0.29) is 11.3 Å². The molecule has 1 aromatic heterocycles. The van der Waals surface area contributed by atoms with E-state index in [1.54, 1.807) is 0 Å². The fourth-order valence-electron chi connectivity index (χ4n) is 3.31. The summed E-state index contributed by atoms with van der Waals surface area (Å²) >= 11 is 0. The Morgan fingerprint density at radius 1 is 0.964 bits per heavy atom. The first-order valence-electron chi connectivity index (χ1n) is 10.2. The van der Waals surface area contributed by atoms with Gasteiger partial charge in [0.1, 0.15) is 5.82 Å². The normalized spacial score (nSPS) is 11.7. The molecule has 3 aromatic rings. The number of amides is 1. The molecule has 0 saturated carbocycles. The molecule has 0 fully saturated rings. The van der Waals surface area contributed by atoms with E-state index < -0.39 is 0 Å². The first-order valence-corrected chi connectivity index (χ1v) is 10.2. The molecule has 1 heterocycles. The Morgan fingerprint density at radius 2 is 1.68 bits per heavy atom. The Balaban J connectivity index is 1.58. The number of nitrogens with zero attached hydrogens (tertiary/aromatic N) is 2. The third kappa shape index (κ3) is 5.22. The number of hydrogen-bond acceptors (Lipinski definition) is 2. The maximum Gasteiger partial charge on any atom is 0.225 e. The molecule has 0 radical (unpaired) electrons. The summed E-state index contributed by atoms with van der Waals surface area (Å²) in [4.78, 5) is 16.8. The van der Waals surface area contributed by atoms with Crippen molar-refractivity contribution in [3.8, 4) is 0 Å². The molecule has 4 heteroatoms. The number of benzene rings is 2. The lowest BCUT2D eigenvalue weighted by Gasteiger charge is -2.17. The lowest BCUT2D eigenvalue weighted by Crippen LogP contribution is -2.35. The molecule has 0 bridgehead atoms. The predicted octanol–water partition coefficient (Wildman–Crippen LogP) is 4.96. The Bertz CT molecular complexity index is 906. The van der Waals surface area contributed by atoms with E-state index in [0.29, 0.717) is 0 Å². The van der Waals surface area contributed by atoms with E-state index in [2.05, 4.69) is 58.4 Å². The van der Waals surface area contributed by atoms with Crippen molar-refractivity contribution in [3.63, 3.8) is 0 Å². The molecular formula is C24H31N3O. The number of aromatic nitrogens is 2. The summed E-state index contributed by atoms with van der Waals surface area (Å²) in [5.41, 5.74) is 3.23. The SMILES string of the molecule is CC(C)(C)C(=O)NCCCCCc1nc2ccccc2n1Cc1ccccc1. The number of imidazole rings is 1. The minimum absolute atomic E-state index is 0.122. The van der Waals surface area contributed by atoms with Crippen LogP contribution in [0, 0.1) is 5.41 Å². The molecule has 0 atom stereocenters. The molecule has 148 valence electrons. The van der Waals surface area contributed by atoms with Crippen LogP contribution in [0.1, 0.15) is 51.4 Å². The van der Waals surface area contributed by atoms with Gasteiger partial charge in [0, 0.05) is 24.9 Å². The summed E-state index contributed by atoms with van der Waals surface area (Å²) < 4.78 is 2.34. The van der Waals surface area contributed by atoms with Crippen molar-refractivity contribution in [2.75, 3.05) is 6.54 Å². The average Bonchev–Trinajstić information content (AvgIpc) is 3.02. The molecular weight excluding hydrogens is 346 g/mol. The molecule has 0 aliphatic heterocycles. The van der Waals surface area contributed by atoms with Gasteiger partial charge in [-0.1, -0.05) is 69.7 Å². The molecule has 0 aliphatic rings. The number of fused-ring (bicyclic) bond motifs is 1. The summed E-state index contributed by atoms with van der Waals surface area (Å²) in [5, 5.41) is 3.03. The van der Waals surface area contributed by atoms with Crippen LogP contribution < -0.4 is 5.32 Å². The number of nitrogens with one attached hydrogen (secondary N) is 1. The quantitative estimate of drug-likeness (QED) is 0.564. The lowest BCUT2D eigenvalue weighted by molar-refractivity contribution is -0.128. The smallest absolute Gasteiger partial charge is 0.225 e. The second-order valence-electron chi connectivity index (χ2n) is 8.41. The van der Waals surface area contributed by atoms with Gasteiger partial charge >= 0.3 is 0 Å². The van der Waals surface area contributed by atoms with Crippen LogP contribution in [0.25, 0.3) is 11.0 Å². The van der Waals surface area contributed by atoms with Crippen molar-refractivity contribution < 1.29 is 4.79 Å². The first-order chi connectivity index (χ1) is 13.4. The van der Waals surface area contributed by atoms with Crippen LogP contribution >= 0.6 is 0 Å². The van der Waals surface area contributed by atoms with Gasteiger partial charge in [-0.25, -0.2) is 4.98 Å². The van der Waals surface area contributed by atoms with Crippen molar-refractivity contribution >= 4 is 16.9 Å². The zero-order valence-corrected chi connectivity index (χ0v) is 17.2. The van der Waals surface area contributed by atoms with Gasteiger partial charge in [0.2, 0.25) is 5.91 Å². The van der Waals surface area contributed by atoms with Gasteiger partial charge in [-0.3, -0.25) is 4.79 Å². The Labute approximate surface area is 168 Å². The number of carbonyl (C=O) groups excluding carboxylic acids is 1. The van der Waals surface area contributed by atoms with E-state index in [0.717, 1.165) is 50.1 Å². The van der Waals surface area contributed by atoms with Gasteiger partial charge in [-0.05, 0) is 30.5 Å². The molecule has 28 heavy (non-hydrogen) atoms. The fraction of sp³-hybridized carbons (Fsp3) is 0.417. The van der Waals surface area contributed by atoms with Crippen LogP contribution in [0.5, 0.6) is 0 Å². The van der Waals surface area contributed by atoms with E-state index in [1.165, 1.54) is 11.1 Å². The Morgan fingerprint density at radius 3 is 2.43 bits per heavy atom. The van der Waals surface area contributed by atoms with E-state index in [1.807, 2.05) is 26.8 Å². The summed E-state index contributed by atoms with van der Waals surface area (Å²) in [6, 6.07) is 18.9. The summed E-state index contributed by atoms with van der Waals surface area (Å²) in [7, 11) is 0.